The molecule has 0 aromatic carbocycles. The fourth-order valence-electron chi connectivity index (χ4n) is 2.79. The van der Waals surface area contributed by atoms with Gasteiger partial charge in [0, 0.05) is 19.3 Å². The van der Waals surface area contributed by atoms with Crippen LogP contribution in [0, 0.1) is 0 Å². The Labute approximate surface area is 125 Å². The lowest BCUT2D eigenvalue weighted by Gasteiger charge is -2.19. The molecule has 1 aromatic rings. The van der Waals surface area contributed by atoms with Crippen LogP contribution in [0.2, 0.25) is 0 Å². The fraction of sp³-hybridized carbons (Fsp3) is 0.615. The Bertz CT molecular complexity index is 552. The standard InChI is InChI=1S/C13H17FN4O4/c1-7(19)16-8-5-21-11-9(6-22-10(8)11)17-13(20)12(14)18-4-2-3-15-18/h2-4,8-12H,5-6H2,1H3,(H,16,19)(H,17,20)/t8-,9-,10+,11+,12?/m0/s1. The minimum Gasteiger partial charge on any atom is -0.371 e. The first-order valence-corrected chi connectivity index (χ1v) is 7.00. The molecular formula is C13H17FN4O4. The van der Waals surface area contributed by atoms with Crippen molar-refractivity contribution in [3.8, 4) is 0 Å². The zero-order valence-electron chi connectivity index (χ0n) is 11.9. The average Bonchev–Trinajstić information content (AvgIpc) is 3.18. The number of ether oxygens (including phenoxy) is 2. The van der Waals surface area contributed by atoms with Gasteiger partial charge in [-0.2, -0.15) is 5.10 Å². The maximum atomic E-state index is 14.0. The van der Waals surface area contributed by atoms with E-state index >= 15 is 0 Å². The van der Waals surface area contributed by atoms with Crippen LogP contribution in [0.15, 0.2) is 18.5 Å². The Hall–Kier alpha value is -2.00. The van der Waals surface area contributed by atoms with Gasteiger partial charge in [-0.05, 0) is 6.07 Å². The van der Waals surface area contributed by atoms with Gasteiger partial charge in [-0.3, -0.25) is 9.59 Å². The smallest absolute Gasteiger partial charge is 0.277 e. The van der Waals surface area contributed by atoms with Crippen LogP contribution in [0.25, 0.3) is 0 Å². The van der Waals surface area contributed by atoms with Gasteiger partial charge in [0.15, 0.2) is 0 Å². The summed E-state index contributed by atoms with van der Waals surface area (Å²) in [6, 6.07) is 0.828. The van der Waals surface area contributed by atoms with Crippen molar-refractivity contribution in [1.82, 2.24) is 20.4 Å². The maximum absolute atomic E-state index is 14.0. The second-order valence-electron chi connectivity index (χ2n) is 5.34. The molecule has 2 aliphatic heterocycles. The summed E-state index contributed by atoms with van der Waals surface area (Å²) in [5, 5.41) is 9.01. The van der Waals surface area contributed by atoms with Gasteiger partial charge in [0.2, 0.25) is 5.91 Å². The highest BCUT2D eigenvalue weighted by Crippen LogP contribution is 2.27. The molecule has 0 spiro atoms. The van der Waals surface area contributed by atoms with E-state index in [4.69, 9.17) is 9.47 Å². The predicted molar refractivity (Wildman–Crippen MR) is 71.4 cm³/mol. The molecule has 8 nitrogen and oxygen atoms in total. The van der Waals surface area contributed by atoms with Crippen molar-refractivity contribution in [2.24, 2.45) is 0 Å². The van der Waals surface area contributed by atoms with Gasteiger partial charge in [0.1, 0.15) is 12.2 Å². The number of nitrogens with zero attached hydrogens (tertiary/aromatic N) is 2. The summed E-state index contributed by atoms with van der Waals surface area (Å²) in [5.41, 5.74) is 0. The van der Waals surface area contributed by atoms with Crippen LogP contribution < -0.4 is 10.6 Å². The number of halogens is 1. The molecule has 2 aliphatic rings. The summed E-state index contributed by atoms with van der Waals surface area (Å²) in [4.78, 5) is 23.0. The lowest BCUT2D eigenvalue weighted by Crippen LogP contribution is -2.47. The number of hydrogen-bond donors (Lipinski definition) is 2. The molecule has 2 amide bonds. The van der Waals surface area contributed by atoms with E-state index in [2.05, 4.69) is 15.7 Å². The molecule has 0 radical (unpaired) electrons. The summed E-state index contributed by atoms with van der Waals surface area (Å²) in [6.07, 6.45) is 0.133. The van der Waals surface area contributed by atoms with Crippen molar-refractivity contribution in [3.05, 3.63) is 18.5 Å². The first-order valence-electron chi connectivity index (χ1n) is 7.00. The third-order valence-corrected chi connectivity index (χ3v) is 3.74. The average molecular weight is 312 g/mol. The summed E-state index contributed by atoms with van der Waals surface area (Å²) in [5.74, 6) is -0.975. The van der Waals surface area contributed by atoms with E-state index in [1.165, 1.54) is 25.4 Å². The number of rotatable bonds is 4. The van der Waals surface area contributed by atoms with Crippen molar-refractivity contribution in [2.75, 3.05) is 13.2 Å². The topological polar surface area (TPSA) is 94.5 Å². The van der Waals surface area contributed by atoms with Gasteiger partial charge in [0.05, 0.1) is 25.3 Å². The van der Waals surface area contributed by atoms with Crippen LogP contribution in [0.4, 0.5) is 4.39 Å². The largest absolute Gasteiger partial charge is 0.371 e. The molecule has 2 saturated heterocycles. The van der Waals surface area contributed by atoms with Gasteiger partial charge in [-0.1, -0.05) is 0 Å². The first kappa shape index (κ1) is 14.9. The third kappa shape index (κ3) is 2.81. The third-order valence-electron chi connectivity index (χ3n) is 3.74. The normalized spacial score (nSPS) is 31.5. The lowest BCUT2D eigenvalue weighted by molar-refractivity contribution is -0.131. The molecule has 0 aliphatic carbocycles. The van der Waals surface area contributed by atoms with Gasteiger partial charge >= 0.3 is 0 Å². The molecule has 1 aromatic heterocycles. The van der Waals surface area contributed by atoms with Gasteiger partial charge < -0.3 is 20.1 Å². The Morgan fingerprint density at radius 2 is 1.91 bits per heavy atom. The second-order valence-corrected chi connectivity index (χ2v) is 5.34. The van der Waals surface area contributed by atoms with Crippen LogP contribution in [-0.2, 0) is 19.1 Å². The predicted octanol–water partition coefficient (Wildman–Crippen LogP) is -0.862. The Morgan fingerprint density at radius 3 is 2.45 bits per heavy atom. The van der Waals surface area contributed by atoms with Crippen molar-refractivity contribution in [2.45, 2.75) is 37.5 Å². The first-order chi connectivity index (χ1) is 10.6. The Balaban J connectivity index is 1.58. The number of fused-ring (bicyclic) bond motifs is 1. The van der Waals surface area contributed by atoms with Gasteiger partial charge in [-0.25, -0.2) is 9.07 Å². The highest BCUT2D eigenvalue weighted by atomic mass is 19.1. The summed E-state index contributed by atoms with van der Waals surface area (Å²) in [6.45, 7) is 1.93. The van der Waals surface area contributed by atoms with Crippen LogP contribution in [0.3, 0.4) is 0 Å². The minimum absolute atomic E-state index is 0.173. The second kappa shape index (κ2) is 6.01. The van der Waals surface area contributed by atoms with Gasteiger partial charge in [-0.15, -0.1) is 0 Å². The number of hydrogen-bond acceptors (Lipinski definition) is 5. The van der Waals surface area contributed by atoms with E-state index < -0.39 is 24.3 Å². The van der Waals surface area contributed by atoms with E-state index in [0.717, 1.165) is 4.68 Å². The molecule has 5 atom stereocenters. The Morgan fingerprint density at radius 1 is 1.27 bits per heavy atom. The summed E-state index contributed by atoms with van der Waals surface area (Å²) < 4.78 is 26.0. The molecule has 2 fully saturated rings. The van der Waals surface area contributed by atoms with Crippen LogP contribution in [0.5, 0.6) is 0 Å². The molecule has 3 heterocycles. The zero-order chi connectivity index (χ0) is 15.7. The summed E-state index contributed by atoms with van der Waals surface area (Å²) >= 11 is 0. The van der Waals surface area contributed by atoms with Crippen molar-refractivity contribution in [3.63, 3.8) is 0 Å². The van der Waals surface area contributed by atoms with Crippen molar-refractivity contribution in [1.29, 1.82) is 0 Å². The number of carbonyl (C=O) groups excluding carboxylic acids is 2. The van der Waals surface area contributed by atoms with E-state index in [1.54, 1.807) is 0 Å². The number of amides is 2. The van der Waals surface area contributed by atoms with Crippen LogP contribution in [0.1, 0.15) is 13.2 Å². The number of nitrogens with one attached hydrogen (secondary N) is 2. The molecule has 22 heavy (non-hydrogen) atoms. The highest BCUT2D eigenvalue weighted by molar-refractivity contribution is 5.79. The minimum atomic E-state index is -1.90. The zero-order valence-corrected chi connectivity index (χ0v) is 11.9. The van der Waals surface area contributed by atoms with Crippen LogP contribution >= 0.6 is 0 Å². The molecule has 120 valence electrons. The lowest BCUT2D eigenvalue weighted by atomic mass is 10.1. The Kier molecular flexibility index (Phi) is 4.08. The maximum Gasteiger partial charge on any atom is 0.277 e. The monoisotopic (exact) mass is 312 g/mol. The molecule has 1 unspecified atom stereocenters. The quantitative estimate of drug-likeness (QED) is 0.754. The van der Waals surface area contributed by atoms with Crippen LogP contribution in [-0.4, -0.2) is 59.1 Å². The van der Waals surface area contributed by atoms with E-state index in [-0.39, 0.29) is 24.7 Å². The van der Waals surface area contributed by atoms with Crippen molar-refractivity contribution >= 4 is 11.8 Å². The molecule has 0 bridgehead atoms. The molecular weight excluding hydrogens is 295 g/mol. The van der Waals surface area contributed by atoms with Crippen molar-refractivity contribution < 1.29 is 23.5 Å². The van der Waals surface area contributed by atoms with Gasteiger partial charge in [0.25, 0.3) is 12.2 Å². The number of alkyl halides is 1. The van der Waals surface area contributed by atoms with E-state index in [1.807, 2.05) is 0 Å². The molecule has 3 rings (SSSR count). The highest BCUT2D eigenvalue weighted by Gasteiger charge is 2.48. The SMILES string of the molecule is CC(=O)N[C@H]1CO[C@H]2[C@@H]1OC[C@@H]2NC(=O)C(F)n1cccn1. The molecule has 2 N–H and O–H groups in total. The fourth-order valence-corrected chi connectivity index (χ4v) is 2.79. The number of carbonyl (C=O) groups is 2. The number of aromatic nitrogens is 2. The van der Waals surface area contributed by atoms with E-state index in [0.29, 0.717) is 6.61 Å². The molecule has 0 saturated carbocycles. The molecule has 9 heteroatoms. The van der Waals surface area contributed by atoms with E-state index in [9.17, 15) is 14.0 Å². The summed E-state index contributed by atoms with van der Waals surface area (Å²) in [7, 11) is 0.